The zero-order chi connectivity index (χ0) is 27.0. The van der Waals surface area contributed by atoms with Crippen LogP contribution in [-0.4, -0.2) is 55.0 Å². The van der Waals surface area contributed by atoms with Gasteiger partial charge in [-0.2, -0.15) is 0 Å². The summed E-state index contributed by atoms with van der Waals surface area (Å²) in [5.74, 6) is 2.72. The van der Waals surface area contributed by atoms with Crippen molar-refractivity contribution in [3.63, 3.8) is 0 Å². The molecule has 4 aliphatic rings. The number of hydrogen-bond acceptors (Lipinski definition) is 5. The molecule has 5 nitrogen and oxygen atoms in total. The summed E-state index contributed by atoms with van der Waals surface area (Å²) >= 11 is 0. The third kappa shape index (κ3) is 7.99. The van der Waals surface area contributed by atoms with Crippen LogP contribution >= 0.6 is 9.24 Å². The molecule has 0 radical (unpaired) electrons. The second-order valence-corrected chi connectivity index (χ2v) is 12.3. The van der Waals surface area contributed by atoms with Gasteiger partial charge in [0.05, 0.1) is 19.8 Å². The summed E-state index contributed by atoms with van der Waals surface area (Å²) < 4.78 is 11.6. The number of likely N-dealkylation sites (tertiary alicyclic amines) is 1. The zero-order valence-electron chi connectivity index (χ0n) is 23.6. The molecule has 4 fully saturated rings. The van der Waals surface area contributed by atoms with E-state index in [-0.39, 0.29) is 6.61 Å². The van der Waals surface area contributed by atoms with Gasteiger partial charge in [-0.3, -0.25) is 0 Å². The van der Waals surface area contributed by atoms with Crippen LogP contribution in [0.2, 0.25) is 0 Å². The van der Waals surface area contributed by atoms with Gasteiger partial charge in [-0.1, -0.05) is 29.8 Å². The van der Waals surface area contributed by atoms with Gasteiger partial charge in [-0.25, -0.2) is 0 Å². The maximum atomic E-state index is 8.33. The van der Waals surface area contributed by atoms with Crippen LogP contribution in [0.4, 0.5) is 5.69 Å². The Morgan fingerprint density at radius 3 is 2.28 bits per heavy atom. The first-order valence-corrected chi connectivity index (χ1v) is 15.7. The number of hydrogen-bond donors (Lipinski definition) is 2. The number of nitrogens with one attached hydrogen (secondary N) is 1. The van der Waals surface area contributed by atoms with Crippen LogP contribution in [0.25, 0.3) is 0 Å². The predicted molar refractivity (Wildman–Crippen MR) is 165 cm³/mol. The number of rotatable bonds is 8. The van der Waals surface area contributed by atoms with Crippen LogP contribution in [0.15, 0.2) is 54.1 Å². The molecular weight excluding hydrogens is 503 g/mol. The van der Waals surface area contributed by atoms with Crippen molar-refractivity contribution < 1.29 is 14.6 Å². The Morgan fingerprint density at radius 2 is 1.69 bits per heavy atom. The number of allylic oxidation sites excluding steroid dienone is 1. The average molecular weight is 551 g/mol. The minimum absolute atomic E-state index is 0.231. The summed E-state index contributed by atoms with van der Waals surface area (Å²) in [6.07, 6.45) is 16.2. The first-order chi connectivity index (χ1) is 19.1. The molecule has 3 aliphatic carbocycles. The summed E-state index contributed by atoms with van der Waals surface area (Å²) in [5, 5.41) is 13.2. The number of anilines is 1. The third-order valence-electron chi connectivity index (χ3n) is 8.90. The second kappa shape index (κ2) is 14.0. The van der Waals surface area contributed by atoms with Gasteiger partial charge in [0.15, 0.2) is 0 Å². The van der Waals surface area contributed by atoms with Crippen LogP contribution in [0, 0.1) is 0 Å². The molecule has 1 aliphatic heterocycles. The fourth-order valence-corrected chi connectivity index (χ4v) is 6.62. The minimum Gasteiger partial charge on any atom is -0.496 e. The van der Waals surface area contributed by atoms with E-state index in [4.69, 9.17) is 14.6 Å². The van der Waals surface area contributed by atoms with Crippen molar-refractivity contribution in [2.24, 2.45) is 0 Å². The van der Waals surface area contributed by atoms with E-state index in [1.54, 1.807) is 7.11 Å². The number of nitrogens with zero attached hydrogens (tertiary/aromatic N) is 1. The van der Waals surface area contributed by atoms with E-state index in [0.29, 0.717) is 18.1 Å². The van der Waals surface area contributed by atoms with Crippen molar-refractivity contribution in [3.8, 4) is 11.5 Å². The summed E-state index contributed by atoms with van der Waals surface area (Å²) in [6, 6.07) is 16.5. The molecule has 1 atom stereocenters. The topological polar surface area (TPSA) is 54.0 Å². The Hall–Kier alpha value is -2.07. The maximum Gasteiger partial charge on any atom is 0.126 e. The lowest BCUT2D eigenvalue weighted by Gasteiger charge is -2.41. The monoisotopic (exact) mass is 550 g/mol. The molecular formula is C33H47N2O3P. The summed E-state index contributed by atoms with van der Waals surface area (Å²) in [5.41, 5.74) is 4.08. The molecule has 2 N–H and O–H groups in total. The quantitative estimate of drug-likeness (QED) is 0.293. The van der Waals surface area contributed by atoms with Crippen molar-refractivity contribution in [3.05, 3.63) is 59.7 Å². The van der Waals surface area contributed by atoms with E-state index in [0.717, 1.165) is 22.8 Å². The van der Waals surface area contributed by atoms with E-state index < -0.39 is 0 Å². The molecule has 1 heterocycles. The normalized spacial score (nSPS) is 23.7. The molecule has 0 amide bonds. The van der Waals surface area contributed by atoms with Crippen LogP contribution in [-0.2, 0) is 0 Å². The van der Waals surface area contributed by atoms with Gasteiger partial charge in [-0.15, -0.1) is 9.24 Å². The van der Waals surface area contributed by atoms with Crippen LogP contribution < -0.4 is 20.1 Å². The molecule has 2 aromatic carbocycles. The number of aliphatic hydroxyl groups excluding tert-OH is 1. The van der Waals surface area contributed by atoms with Crippen LogP contribution in [0.3, 0.4) is 0 Å². The number of piperidine rings is 1. The molecule has 1 unspecified atom stereocenters. The summed E-state index contributed by atoms with van der Waals surface area (Å²) in [7, 11) is 4.49. The first kappa shape index (κ1) is 28.5. The molecule has 1 saturated heterocycles. The number of methoxy groups -OCH3 is 1. The van der Waals surface area contributed by atoms with Crippen LogP contribution in [0.1, 0.15) is 82.1 Å². The highest BCUT2D eigenvalue weighted by atomic mass is 31.0. The van der Waals surface area contributed by atoms with Crippen molar-refractivity contribution in [2.45, 2.75) is 94.7 Å². The van der Waals surface area contributed by atoms with E-state index in [9.17, 15) is 0 Å². The van der Waals surface area contributed by atoms with Gasteiger partial charge >= 0.3 is 0 Å². The van der Waals surface area contributed by atoms with E-state index in [1.165, 1.54) is 101 Å². The molecule has 39 heavy (non-hydrogen) atoms. The molecule has 212 valence electrons. The second-order valence-electron chi connectivity index (χ2n) is 11.7. The first-order valence-electron chi connectivity index (χ1n) is 15.1. The standard InChI is InChI=1S/C27H37N2O2P.C6H10O/c1-30-26-13-8-21(18-27(26)32)28-20-6-9-22(10-7-20)29-16-14-19(15-17-29)24-4-2-3-5-25(24)31-23-11-12-23;7-5-4-6-2-1-3-6/h2-5,8,13,18-20,22-23,28H,6-7,9-12,14-17,32H2,1H3;4,7H,1-3,5H2. The largest absolute Gasteiger partial charge is 0.496 e. The van der Waals surface area contributed by atoms with Gasteiger partial charge in [0.25, 0.3) is 0 Å². The lowest BCUT2D eigenvalue weighted by atomic mass is 9.85. The Bertz CT molecular complexity index is 1080. The highest BCUT2D eigenvalue weighted by Crippen LogP contribution is 2.38. The Morgan fingerprint density at radius 1 is 0.949 bits per heavy atom. The van der Waals surface area contributed by atoms with Gasteiger partial charge in [-0.05, 0) is 119 Å². The Kier molecular flexibility index (Phi) is 10.2. The molecule has 0 bridgehead atoms. The minimum atomic E-state index is 0.231. The number of para-hydroxylation sites is 1. The Labute approximate surface area is 237 Å². The van der Waals surface area contributed by atoms with E-state index in [2.05, 4.69) is 55.9 Å². The van der Waals surface area contributed by atoms with Gasteiger partial charge in [0, 0.05) is 23.1 Å². The summed E-state index contributed by atoms with van der Waals surface area (Å²) in [6.45, 7) is 2.68. The zero-order valence-corrected chi connectivity index (χ0v) is 24.8. The fourth-order valence-electron chi connectivity index (χ4n) is 6.23. The maximum absolute atomic E-state index is 8.33. The lowest BCUT2D eigenvalue weighted by molar-refractivity contribution is 0.118. The lowest BCUT2D eigenvalue weighted by Crippen LogP contribution is -2.44. The third-order valence-corrected chi connectivity index (χ3v) is 9.35. The van der Waals surface area contributed by atoms with Crippen molar-refractivity contribution in [1.82, 2.24) is 4.90 Å². The number of benzene rings is 2. The fraction of sp³-hybridized carbons (Fsp3) is 0.576. The summed E-state index contributed by atoms with van der Waals surface area (Å²) in [4.78, 5) is 2.77. The van der Waals surface area contributed by atoms with Crippen molar-refractivity contribution in [2.75, 3.05) is 32.1 Å². The van der Waals surface area contributed by atoms with E-state index in [1.807, 2.05) is 12.1 Å². The highest BCUT2D eigenvalue weighted by Gasteiger charge is 2.31. The molecule has 2 aromatic rings. The predicted octanol–water partition coefficient (Wildman–Crippen LogP) is 6.43. The molecule has 3 saturated carbocycles. The average Bonchev–Trinajstić information content (AvgIpc) is 3.76. The highest BCUT2D eigenvalue weighted by molar-refractivity contribution is 7.27. The van der Waals surface area contributed by atoms with Gasteiger partial charge in [0.2, 0.25) is 0 Å². The molecule has 6 rings (SSSR count). The smallest absolute Gasteiger partial charge is 0.126 e. The number of ether oxygens (including phenoxy) is 2. The van der Waals surface area contributed by atoms with Crippen LogP contribution in [0.5, 0.6) is 11.5 Å². The Balaban J connectivity index is 0.000000384. The number of aliphatic hydroxyl groups is 1. The molecule has 6 heteroatoms. The van der Waals surface area contributed by atoms with Crippen molar-refractivity contribution in [1.29, 1.82) is 0 Å². The SMILES string of the molecule is COc1ccc(NC2CCC(N3CCC(c4ccccc4OC4CC4)CC3)CC2)cc1P.OCC=C1CCC1. The van der Waals surface area contributed by atoms with Crippen molar-refractivity contribution >= 4 is 20.2 Å². The van der Waals surface area contributed by atoms with Gasteiger partial charge < -0.3 is 24.8 Å². The van der Waals surface area contributed by atoms with Gasteiger partial charge in [0.1, 0.15) is 11.5 Å². The molecule has 0 spiro atoms. The van der Waals surface area contributed by atoms with E-state index >= 15 is 0 Å². The molecule has 0 aromatic heterocycles.